The fraction of sp³-hybridized carbons (Fsp3) is 0.667. The summed E-state index contributed by atoms with van der Waals surface area (Å²) in [4.78, 5) is 15.0. The van der Waals surface area contributed by atoms with Gasteiger partial charge in [-0.3, -0.25) is 9.69 Å². The highest BCUT2D eigenvalue weighted by Gasteiger charge is 2.26. The van der Waals surface area contributed by atoms with Crippen molar-refractivity contribution in [3.8, 4) is 0 Å². The molecule has 5 nitrogen and oxygen atoms in total. The Morgan fingerprint density at radius 1 is 1.27 bits per heavy atom. The van der Waals surface area contributed by atoms with Gasteiger partial charge in [0, 0.05) is 32.8 Å². The van der Waals surface area contributed by atoms with E-state index in [9.17, 15) is 4.79 Å². The summed E-state index contributed by atoms with van der Waals surface area (Å²) in [6.07, 6.45) is 4.36. The fourth-order valence-electron chi connectivity index (χ4n) is 4.14. The van der Waals surface area contributed by atoms with Crippen LogP contribution in [0.5, 0.6) is 0 Å². The van der Waals surface area contributed by atoms with E-state index < -0.39 is 6.04 Å². The van der Waals surface area contributed by atoms with Gasteiger partial charge < -0.3 is 15.8 Å². The van der Waals surface area contributed by atoms with Gasteiger partial charge in [-0.25, -0.2) is 0 Å². The number of piperidine rings is 1. The van der Waals surface area contributed by atoms with Crippen LogP contribution in [0.4, 0.5) is 0 Å². The summed E-state index contributed by atoms with van der Waals surface area (Å²) in [6.45, 7) is 7.59. The number of amides is 1. The monoisotopic (exact) mass is 359 g/mol. The summed E-state index contributed by atoms with van der Waals surface area (Å²) < 4.78 is 5.36. The van der Waals surface area contributed by atoms with Gasteiger partial charge in [-0.2, -0.15) is 0 Å². The standard InChI is InChI=1S/C21H33N3O2/c1-16-5-4-10-24(14-16)15-19-7-3-2-6-18(19)13-23-21(25)20(22)17-8-11-26-12-9-17/h2-3,6-7,16-17,20H,4-5,8-15,22H2,1H3,(H,23,25). The van der Waals surface area contributed by atoms with Crippen molar-refractivity contribution < 1.29 is 9.53 Å². The Hall–Kier alpha value is -1.43. The van der Waals surface area contributed by atoms with Crippen molar-refractivity contribution in [2.24, 2.45) is 17.6 Å². The molecule has 0 spiro atoms. The smallest absolute Gasteiger partial charge is 0.237 e. The molecule has 26 heavy (non-hydrogen) atoms. The van der Waals surface area contributed by atoms with Gasteiger partial charge in [-0.1, -0.05) is 31.2 Å². The van der Waals surface area contributed by atoms with Crippen molar-refractivity contribution in [1.29, 1.82) is 0 Å². The Bertz CT molecular complexity index is 586. The van der Waals surface area contributed by atoms with Gasteiger partial charge in [0.1, 0.15) is 0 Å². The molecule has 0 aromatic heterocycles. The number of likely N-dealkylation sites (tertiary alicyclic amines) is 1. The van der Waals surface area contributed by atoms with Crippen LogP contribution in [0.2, 0.25) is 0 Å². The number of hydrogen-bond acceptors (Lipinski definition) is 4. The second-order valence-electron chi connectivity index (χ2n) is 7.94. The molecular weight excluding hydrogens is 326 g/mol. The lowest BCUT2D eigenvalue weighted by atomic mass is 9.92. The lowest BCUT2D eigenvalue weighted by Gasteiger charge is -2.31. The minimum atomic E-state index is -0.436. The fourth-order valence-corrected chi connectivity index (χ4v) is 4.14. The SMILES string of the molecule is CC1CCCN(Cc2ccccc2CNC(=O)C(N)C2CCOCC2)C1. The van der Waals surface area contributed by atoms with E-state index in [4.69, 9.17) is 10.5 Å². The molecule has 1 amide bonds. The second-order valence-corrected chi connectivity index (χ2v) is 7.94. The maximum absolute atomic E-state index is 12.5. The lowest BCUT2D eigenvalue weighted by molar-refractivity contribution is -0.124. The first-order valence-electron chi connectivity index (χ1n) is 10.0. The van der Waals surface area contributed by atoms with Gasteiger partial charge >= 0.3 is 0 Å². The van der Waals surface area contributed by atoms with E-state index >= 15 is 0 Å². The average molecular weight is 360 g/mol. The van der Waals surface area contributed by atoms with Crippen LogP contribution in [0, 0.1) is 11.8 Å². The third-order valence-electron chi connectivity index (χ3n) is 5.78. The molecule has 1 aromatic carbocycles. The van der Waals surface area contributed by atoms with Crippen LogP contribution in [-0.2, 0) is 22.6 Å². The van der Waals surface area contributed by atoms with Gasteiger partial charge in [0.2, 0.25) is 5.91 Å². The molecule has 0 radical (unpaired) electrons. The summed E-state index contributed by atoms with van der Waals surface area (Å²) in [6, 6.07) is 7.99. The molecule has 2 fully saturated rings. The Morgan fingerprint density at radius 2 is 2.00 bits per heavy atom. The van der Waals surface area contributed by atoms with Crippen LogP contribution in [0.3, 0.4) is 0 Å². The molecule has 2 atom stereocenters. The summed E-state index contributed by atoms with van der Waals surface area (Å²) in [7, 11) is 0. The van der Waals surface area contributed by atoms with E-state index in [0.29, 0.717) is 19.8 Å². The molecule has 5 heteroatoms. The van der Waals surface area contributed by atoms with Gasteiger partial charge in [-0.15, -0.1) is 0 Å². The third-order valence-corrected chi connectivity index (χ3v) is 5.78. The summed E-state index contributed by atoms with van der Waals surface area (Å²) in [5, 5.41) is 3.06. The highest BCUT2D eigenvalue weighted by Crippen LogP contribution is 2.20. The first kappa shape index (κ1) is 19.3. The zero-order chi connectivity index (χ0) is 18.4. The van der Waals surface area contributed by atoms with Gasteiger partial charge in [0.05, 0.1) is 6.04 Å². The summed E-state index contributed by atoms with van der Waals surface area (Å²) >= 11 is 0. The molecule has 2 saturated heterocycles. The minimum absolute atomic E-state index is 0.0432. The first-order chi connectivity index (χ1) is 12.6. The number of carbonyl (C=O) groups is 1. The van der Waals surface area contributed by atoms with Crippen LogP contribution < -0.4 is 11.1 Å². The number of nitrogens with two attached hydrogens (primary N) is 1. The van der Waals surface area contributed by atoms with Gasteiger partial charge in [-0.05, 0) is 55.2 Å². The molecule has 0 saturated carbocycles. The molecule has 0 bridgehead atoms. The molecule has 144 valence electrons. The van der Waals surface area contributed by atoms with E-state index in [1.54, 1.807) is 0 Å². The summed E-state index contributed by atoms with van der Waals surface area (Å²) in [5.41, 5.74) is 8.68. The normalized spacial score (nSPS) is 23.5. The van der Waals surface area contributed by atoms with Gasteiger partial charge in [0.25, 0.3) is 0 Å². The first-order valence-corrected chi connectivity index (χ1v) is 10.0. The molecular formula is C21H33N3O2. The van der Waals surface area contributed by atoms with Crippen molar-refractivity contribution >= 4 is 5.91 Å². The van der Waals surface area contributed by atoms with Crippen LogP contribution in [0.15, 0.2) is 24.3 Å². The van der Waals surface area contributed by atoms with Crippen LogP contribution >= 0.6 is 0 Å². The van der Waals surface area contributed by atoms with Crippen molar-refractivity contribution in [3.63, 3.8) is 0 Å². The van der Waals surface area contributed by atoms with Crippen molar-refractivity contribution in [2.75, 3.05) is 26.3 Å². The average Bonchev–Trinajstić information content (AvgIpc) is 2.67. The largest absolute Gasteiger partial charge is 0.381 e. The zero-order valence-corrected chi connectivity index (χ0v) is 16.0. The Morgan fingerprint density at radius 3 is 2.73 bits per heavy atom. The predicted molar refractivity (Wildman–Crippen MR) is 103 cm³/mol. The lowest BCUT2D eigenvalue weighted by Crippen LogP contribution is -2.46. The summed E-state index contributed by atoms with van der Waals surface area (Å²) in [5.74, 6) is 0.959. The van der Waals surface area contributed by atoms with E-state index in [2.05, 4.69) is 35.3 Å². The highest BCUT2D eigenvalue weighted by atomic mass is 16.5. The quantitative estimate of drug-likeness (QED) is 0.818. The molecule has 2 aliphatic heterocycles. The molecule has 3 N–H and O–H groups in total. The van der Waals surface area contributed by atoms with Crippen LogP contribution in [0.1, 0.15) is 43.7 Å². The number of rotatable bonds is 6. The Balaban J connectivity index is 1.55. The van der Waals surface area contributed by atoms with Crippen LogP contribution in [0.25, 0.3) is 0 Å². The number of nitrogens with one attached hydrogen (secondary N) is 1. The molecule has 1 aromatic rings. The third kappa shape index (κ3) is 5.29. The number of carbonyl (C=O) groups excluding carboxylic acids is 1. The van der Waals surface area contributed by atoms with Crippen molar-refractivity contribution in [3.05, 3.63) is 35.4 Å². The second kappa shape index (κ2) is 9.49. The van der Waals surface area contributed by atoms with E-state index in [0.717, 1.165) is 31.8 Å². The maximum Gasteiger partial charge on any atom is 0.237 e. The molecule has 2 unspecified atom stereocenters. The van der Waals surface area contributed by atoms with E-state index in [-0.39, 0.29) is 11.8 Å². The number of nitrogens with zero attached hydrogens (tertiary/aromatic N) is 1. The molecule has 2 heterocycles. The number of benzene rings is 1. The van der Waals surface area contributed by atoms with Gasteiger partial charge in [0.15, 0.2) is 0 Å². The zero-order valence-electron chi connectivity index (χ0n) is 16.0. The van der Waals surface area contributed by atoms with E-state index in [1.165, 1.54) is 30.5 Å². The highest BCUT2D eigenvalue weighted by molar-refractivity contribution is 5.81. The minimum Gasteiger partial charge on any atom is -0.381 e. The Labute approximate surface area is 157 Å². The maximum atomic E-state index is 12.5. The molecule has 3 rings (SSSR count). The number of hydrogen-bond donors (Lipinski definition) is 2. The van der Waals surface area contributed by atoms with Crippen LogP contribution in [-0.4, -0.2) is 43.2 Å². The molecule has 2 aliphatic rings. The number of ether oxygens (including phenoxy) is 1. The van der Waals surface area contributed by atoms with Crippen molar-refractivity contribution in [1.82, 2.24) is 10.2 Å². The predicted octanol–water partition coefficient (Wildman–Crippen LogP) is 2.29. The topological polar surface area (TPSA) is 67.6 Å². The van der Waals surface area contributed by atoms with Crippen molar-refractivity contribution in [2.45, 2.75) is 51.7 Å². The Kier molecular flexibility index (Phi) is 7.06. The molecule has 0 aliphatic carbocycles. The van der Waals surface area contributed by atoms with E-state index in [1.807, 2.05) is 6.07 Å².